The molecular weight excluding hydrogens is 226 g/mol. The van der Waals surface area contributed by atoms with Gasteiger partial charge in [-0.05, 0) is 37.1 Å². The first kappa shape index (κ1) is 15.1. The molecule has 0 aromatic carbocycles. The Labute approximate surface area is 110 Å². The second kappa shape index (κ2) is 7.46. The Balaban J connectivity index is 2.59. The Morgan fingerprint density at radius 2 is 1.94 bits per heavy atom. The van der Waals surface area contributed by atoms with Crippen molar-refractivity contribution in [1.82, 2.24) is 9.88 Å². The van der Waals surface area contributed by atoms with Crippen molar-refractivity contribution in [2.75, 3.05) is 13.7 Å². The Morgan fingerprint density at radius 1 is 1.33 bits per heavy atom. The van der Waals surface area contributed by atoms with Gasteiger partial charge in [0.25, 0.3) is 0 Å². The lowest BCUT2D eigenvalue weighted by Crippen LogP contribution is -2.48. The average Bonchev–Trinajstić information content (AvgIpc) is 2.30. The molecule has 1 rings (SSSR count). The summed E-state index contributed by atoms with van der Waals surface area (Å²) < 4.78 is 0. The highest BCUT2D eigenvalue weighted by Gasteiger charge is 2.22. The summed E-state index contributed by atoms with van der Waals surface area (Å²) in [5, 5.41) is 9.52. The van der Waals surface area contributed by atoms with E-state index < -0.39 is 0 Å². The number of rotatable bonds is 7. The lowest BCUT2D eigenvalue weighted by Gasteiger charge is -2.32. The van der Waals surface area contributed by atoms with E-state index in [1.165, 1.54) is 5.56 Å². The number of nitrogens with two attached hydrogens (primary N) is 1. The van der Waals surface area contributed by atoms with E-state index in [0.29, 0.717) is 5.92 Å². The molecule has 3 N–H and O–H groups in total. The van der Waals surface area contributed by atoms with Crippen LogP contribution in [0.3, 0.4) is 0 Å². The lowest BCUT2D eigenvalue weighted by atomic mass is 9.97. The van der Waals surface area contributed by atoms with Gasteiger partial charge in [0.2, 0.25) is 0 Å². The Kier molecular flexibility index (Phi) is 6.25. The number of aliphatic hydroxyl groups is 1. The average molecular weight is 251 g/mol. The van der Waals surface area contributed by atoms with Crippen LogP contribution in [0.1, 0.15) is 25.8 Å². The molecule has 0 saturated heterocycles. The minimum Gasteiger partial charge on any atom is -0.395 e. The molecule has 0 saturated carbocycles. The third kappa shape index (κ3) is 4.72. The molecule has 0 aliphatic heterocycles. The quantitative estimate of drug-likeness (QED) is 0.765. The van der Waals surface area contributed by atoms with Gasteiger partial charge >= 0.3 is 0 Å². The molecule has 1 aromatic heterocycles. The van der Waals surface area contributed by atoms with Crippen molar-refractivity contribution in [2.24, 2.45) is 11.7 Å². The molecular formula is C14H25N3O. The molecule has 0 fully saturated rings. The van der Waals surface area contributed by atoms with E-state index in [2.05, 4.69) is 23.7 Å². The van der Waals surface area contributed by atoms with E-state index in [0.717, 1.165) is 13.0 Å². The van der Waals surface area contributed by atoms with E-state index in [-0.39, 0.29) is 18.7 Å². The van der Waals surface area contributed by atoms with Crippen LogP contribution in [0.2, 0.25) is 0 Å². The van der Waals surface area contributed by atoms with Crippen LogP contribution in [-0.2, 0) is 6.54 Å². The summed E-state index contributed by atoms with van der Waals surface area (Å²) in [6.45, 7) is 5.17. The maximum Gasteiger partial charge on any atom is 0.0601 e. The normalized spacial score (nSPS) is 15.1. The van der Waals surface area contributed by atoms with Gasteiger partial charge in [0, 0.05) is 31.0 Å². The second-order valence-corrected chi connectivity index (χ2v) is 5.31. The standard InChI is InChI=1S/C14H25N3O/c1-11(2)8-13(15)14(10-18)17(3)9-12-4-6-16-7-5-12/h4-7,11,13-14,18H,8-10,15H2,1-3H3. The first-order valence-electron chi connectivity index (χ1n) is 6.50. The van der Waals surface area contributed by atoms with E-state index >= 15 is 0 Å². The van der Waals surface area contributed by atoms with Gasteiger partial charge < -0.3 is 10.8 Å². The Hall–Kier alpha value is -0.970. The molecule has 0 aliphatic carbocycles. The summed E-state index contributed by atoms with van der Waals surface area (Å²) >= 11 is 0. The van der Waals surface area contributed by atoms with Crippen LogP contribution in [0.5, 0.6) is 0 Å². The highest BCUT2D eigenvalue weighted by atomic mass is 16.3. The van der Waals surface area contributed by atoms with Crippen LogP contribution < -0.4 is 5.73 Å². The number of likely N-dealkylation sites (N-methyl/N-ethyl adjacent to an activating group) is 1. The van der Waals surface area contributed by atoms with Gasteiger partial charge in [-0.15, -0.1) is 0 Å². The topological polar surface area (TPSA) is 62.4 Å². The fourth-order valence-electron chi connectivity index (χ4n) is 2.20. The number of pyridine rings is 1. The zero-order valence-corrected chi connectivity index (χ0v) is 11.6. The molecule has 0 aliphatic rings. The summed E-state index contributed by atoms with van der Waals surface area (Å²) in [6.07, 6.45) is 4.49. The van der Waals surface area contributed by atoms with Gasteiger partial charge in [-0.25, -0.2) is 0 Å². The third-order valence-corrected chi connectivity index (χ3v) is 3.17. The molecule has 0 amide bonds. The van der Waals surface area contributed by atoms with Crippen LogP contribution in [0.4, 0.5) is 0 Å². The van der Waals surface area contributed by atoms with E-state index in [1.807, 2.05) is 19.2 Å². The number of nitrogens with zero attached hydrogens (tertiary/aromatic N) is 2. The molecule has 18 heavy (non-hydrogen) atoms. The van der Waals surface area contributed by atoms with Gasteiger partial charge in [-0.2, -0.15) is 0 Å². The van der Waals surface area contributed by atoms with Crippen molar-refractivity contribution < 1.29 is 5.11 Å². The third-order valence-electron chi connectivity index (χ3n) is 3.17. The van der Waals surface area contributed by atoms with Gasteiger partial charge in [-0.1, -0.05) is 13.8 Å². The van der Waals surface area contributed by atoms with Gasteiger partial charge in [-0.3, -0.25) is 9.88 Å². The summed E-state index contributed by atoms with van der Waals surface area (Å²) in [4.78, 5) is 6.11. The Bertz CT molecular complexity index is 329. The molecule has 2 unspecified atom stereocenters. The van der Waals surface area contributed by atoms with E-state index in [1.54, 1.807) is 12.4 Å². The Morgan fingerprint density at radius 3 is 2.44 bits per heavy atom. The minimum atomic E-state index is 0.000523. The summed E-state index contributed by atoms with van der Waals surface area (Å²) in [5.41, 5.74) is 7.35. The fourth-order valence-corrected chi connectivity index (χ4v) is 2.20. The lowest BCUT2D eigenvalue weighted by molar-refractivity contribution is 0.114. The van der Waals surface area contributed by atoms with Gasteiger partial charge in [0.15, 0.2) is 0 Å². The number of hydrogen-bond donors (Lipinski definition) is 2. The largest absolute Gasteiger partial charge is 0.395 e. The van der Waals surface area contributed by atoms with Crippen molar-refractivity contribution >= 4 is 0 Å². The maximum atomic E-state index is 9.52. The highest BCUT2D eigenvalue weighted by molar-refractivity contribution is 5.09. The minimum absolute atomic E-state index is 0.000523. The van der Waals surface area contributed by atoms with Crippen LogP contribution in [0.25, 0.3) is 0 Å². The monoisotopic (exact) mass is 251 g/mol. The zero-order chi connectivity index (χ0) is 13.5. The summed E-state index contributed by atoms with van der Waals surface area (Å²) in [7, 11) is 2.00. The molecule has 1 heterocycles. The molecule has 1 aromatic rings. The van der Waals surface area contributed by atoms with Crippen LogP contribution >= 0.6 is 0 Å². The predicted octanol–water partition coefficient (Wildman–Crippen LogP) is 1.25. The van der Waals surface area contributed by atoms with E-state index in [4.69, 9.17) is 5.73 Å². The van der Waals surface area contributed by atoms with Crippen molar-refractivity contribution in [1.29, 1.82) is 0 Å². The predicted molar refractivity (Wildman–Crippen MR) is 74.0 cm³/mol. The van der Waals surface area contributed by atoms with Crippen molar-refractivity contribution in [3.8, 4) is 0 Å². The number of aliphatic hydroxyl groups excluding tert-OH is 1. The fraction of sp³-hybridized carbons (Fsp3) is 0.643. The zero-order valence-electron chi connectivity index (χ0n) is 11.6. The highest BCUT2D eigenvalue weighted by Crippen LogP contribution is 2.12. The van der Waals surface area contributed by atoms with Gasteiger partial charge in [0.05, 0.1) is 6.61 Å². The summed E-state index contributed by atoms with van der Waals surface area (Å²) in [6, 6.07) is 3.97. The molecule has 4 heteroatoms. The molecule has 4 nitrogen and oxygen atoms in total. The molecule has 102 valence electrons. The van der Waals surface area contributed by atoms with Crippen molar-refractivity contribution in [2.45, 2.75) is 38.9 Å². The van der Waals surface area contributed by atoms with Crippen molar-refractivity contribution in [3.63, 3.8) is 0 Å². The van der Waals surface area contributed by atoms with Crippen LogP contribution in [0, 0.1) is 5.92 Å². The maximum absolute atomic E-state index is 9.52. The molecule has 0 spiro atoms. The van der Waals surface area contributed by atoms with Gasteiger partial charge in [0.1, 0.15) is 0 Å². The van der Waals surface area contributed by atoms with Crippen LogP contribution in [-0.4, -0.2) is 40.7 Å². The van der Waals surface area contributed by atoms with E-state index in [9.17, 15) is 5.11 Å². The molecule has 0 bridgehead atoms. The van der Waals surface area contributed by atoms with Crippen LogP contribution in [0.15, 0.2) is 24.5 Å². The van der Waals surface area contributed by atoms with Crippen molar-refractivity contribution in [3.05, 3.63) is 30.1 Å². The number of aromatic nitrogens is 1. The smallest absolute Gasteiger partial charge is 0.0601 e. The first-order chi connectivity index (χ1) is 8.54. The molecule has 0 radical (unpaired) electrons. The molecule has 2 atom stereocenters. The second-order valence-electron chi connectivity index (χ2n) is 5.31. The SMILES string of the molecule is CC(C)CC(N)C(CO)N(C)Cc1ccncc1. The summed E-state index contributed by atoms with van der Waals surface area (Å²) in [5.74, 6) is 0.545. The first-order valence-corrected chi connectivity index (χ1v) is 6.50. The number of hydrogen-bond acceptors (Lipinski definition) is 4.